The quantitative estimate of drug-likeness (QED) is 0.650. The normalized spacial score (nSPS) is 12.6. The molecule has 0 aliphatic rings. The molecule has 0 aliphatic carbocycles. The standard InChI is InChI=1S/C21H23N3O4S/c1-13(18(26)23-21(2,3)4)28-17(25)11-24-12-22-19-15(20(24)27)10-16(29-19)14-8-6-5-7-9-14/h5-10,12-13H,11H2,1-4H3,(H,23,26)/t13-/m1/s1. The van der Waals surface area contributed by atoms with Crippen LogP contribution >= 0.6 is 11.3 Å². The van der Waals surface area contributed by atoms with E-state index in [9.17, 15) is 14.4 Å². The molecule has 152 valence electrons. The van der Waals surface area contributed by atoms with Gasteiger partial charge in [0, 0.05) is 10.4 Å². The zero-order valence-corrected chi connectivity index (χ0v) is 17.6. The summed E-state index contributed by atoms with van der Waals surface area (Å²) in [5, 5.41) is 3.19. The molecular formula is C21H23N3O4S. The fourth-order valence-electron chi connectivity index (χ4n) is 2.72. The largest absolute Gasteiger partial charge is 0.451 e. The monoisotopic (exact) mass is 413 g/mol. The van der Waals surface area contributed by atoms with Crippen molar-refractivity contribution in [1.29, 1.82) is 0 Å². The second-order valence-electron chi connectivity index (χ2n) is 7.74. The molecule has 2 heterocycles. The van der Waals surface area contributed by atoms with Gasteiger partial charge < -0.3 is 10.1 Å². The Bertz CT molecular complexity index is 1100. The number of esters is 1. The Balaban J connectivity index is 1.75. The molecule has 7 nitrogen and oxygen atoms in total. The first-order valence-corrected chi connectivity index (χ1v) is 10.0. The summed E-state index contributed by atoms with van der Waals surface area (Å²) in [6.45, 7) is 6.69. The minimum Gasteiger partial charge on any atom is -0.451 e. The molecule has 0 saturated carbocycles. The first-order valence-electron chi connectivity index (χ1n) is 9.20. The smallest absolute Gasteiger partial charge is 0.326 e. The molecule has 0 radical (unpaired) electrons. The van der Waals surface area contributed by atoms with Crippen LogP contribution in [0.5, 0.6) is 0 Å². The number of amides is 1. The summed E-state index contributed by atoms with van der Waals surface area (Å²) < 4.78 is 6.36. The number of carbonyl (C=O) groups excluding carboxylic acids is 2. The molecule has 3 aromatic rings. The van der Waals surface area contributed by atoms with Gasteiger partial charge in [0.25, 0.3) is 11.5 Å². The number of carbonyl (C=O) groups is 2. The molecule has 1 atom stereocenters. The van der Waals surface area contributed by atoms with Gasteiger partial charge in [-0.2, -0.15) is 0 Å². The molecule has 1 N–H and O–H groups in total. The first-order chi connectivity index (χ1) is 13.6. The summed E-state index contributed by atoms with van der Waals surface area (Å²) in [6, 6.07) is 11.5. The molecule has 0 saturated heterocycles. The van der Waals surface area contributed by atoms with E-state index < -0.39 is 23.5 Å². The Morgan fingerprint density at radius 3 is 2.59 bits per heavy atom. The Kier molecular flexibility index (Phi) is 5.83. The van der Waals surface area contributed by atoms with E-state index in [1.54, 1.807) is 6.07 Å². The van der Waals surface area contributed by atoms with E-state index in [1.807, 2.05) is 51.1 Å². The van der Waals surface area contributed by atoms with Gasteiger partial charge in [0.05, 0.1) is 11.7 Å². The minimum atomic E-state index is -0.958. The predicted octanol–water partition coefficient (Wildman–Crippen LogP) is 2.97. The zero-order chi connectivity index (χ0) is 21.2. The van der Waals surface area contributed by atoms with Crippen LogP contribution in [0.2, 0.25) is 0 Å². The third-order valence-electron chi connectivity index (χ3n) is 4.05. The van der Waals surface area contributed by atoms with E-state index in [4.69, 9.17) is 4.74 Å². The van der Waals surface area contributed by atoms with Crippen LogP contribution in [0.4, 0.5) is 0 Å². The molecule has 1 aromatic carbocycles. The van der Waals surface area contributed by atoms with Crippen LogP contribution < -0.4 is 10.9 Å². The Morgan fingerprint density at radius 1 is 1.24 bits per heavy atom. The van der Waals surface area contributed by atoms with Crippen LogP contribution in [0.1, 0.15) is 27.7 Å². The van der Waals surface area contributed by atoms with Gasteiger partial charge in [0.15, 0.2) is 6.10 Å². The molecule has 8 heteroatoms. The summed E-state index contributed by atoms with van der Waals surface area (Å²) in [5.41, 5.74) is 0.246. The van der Waals surface area contributed by atoms with Gasteiger partial charge in [0.2, 0.25) is 0 Å². The summed E-state index contributed by atoms with van der Waals surface area (Å²) in [7, 11) is 0. The predicted molar refractivity (Wildman–Crippen MR) is 113 cm³/mol. The fourth-order valence-corrected chi connectivity index (χ4v) is 3.71. The zero-order valence-electron chi connectivity index (χ0n) is 16.8. The number of hydrogen-bond acceptors (Lipinski definition) is 6. The topological polar surface area (TPSA) is 90.3 Å². The highest BCUT2D eigenvalue weighted by atomic mass is 32.1. The summed E-state index contributed by atoms with van der Waals surface area (Å²) >= 11 is 1.42. The van der Waals surface area contributed by atoms with E-state index in [0.717, 1.165) is 10.4 Å². The Hall–Kier alpha value is -3.00. The van der Waals surface area contributed by atoms with E-state index in [1.165, 1.54) is 29.2 Å². The SMILES string of the molecule is C[C@@H](OC(=O)Cn1cnc2sc(-c3ccccc3)cc2c1=O)C(=O)NC(C)(C)C. The molecule has 0 unspecified atom stereocenters. The van der Waals surface area contributed by atoms with E-state index in [0.29, 0.717) is 10.2 Å². The third-order valence-corrected chi connectivity index (χ3v) is 5.14. The van der Waals surface area contributed by atoms with Crippen LogP contribution in [0.15, 0.2) is 47.5 Å². The van der Waals surface area contributed by atoms with Crippen molar-refractivity contribution in [1.82, 2.24) is 14.9 Å². The number of ether oxygens (including phenoxy) is 1. The van der Waals surface area contributed by atoms with Crippen LogP contribution in [0.25, 0.3) is 20.7 Å². The highest BCUT2D eigenvalue weighted by molar-refractivity contribution is 7.21. The van der Waals surface area contributed by atoms with E-state index in [2.05, 4.69) is 10.3 Å². The fraction of sp³-hybridized carbons (Fsp3) is 0.333. The van der Waals surface area contributed by atoms with Gasteiger partial charge >= 0.3 is 5.97 Å². The lowest BCUT2D eigenvalue weighted by Crippen LogP contribution is -2.46. The van der Waals surface area contributed by atoms with Crippen molar-refractivity contribution < 1.29 is 14.3 Å². The number of thiophene rings is 1. The maximum absolute atomic E-state index is 12.8. The summed E-state index contributed by atoms with van der Waals surface area (Å²) in [6.07, 6.45) is 0.372. The van der Waals surface area contributed by atoms with Gasteiger partial charge in [-0.3, -0.25) is 19.0 Å². The highest BCUT2D eigenvalue weighted by Gasteiger charge is 2.22. The molecule has 0 fully saturated rings. The second kappa shape index (κ2) is 8.16. The second-order valence-corrected chi connectivity index (χ2v) is 8.78. The Labute approximate surface area is 172 Å². The molecule has 1 amide bonds. The van der Waals surface area contributed by atoms with Crippen molar-refractivity contribution in [2.24, 2.45) is 0 Å². The third kappa shape index (κ3) is 5.08. The van der Waals surface area contributed by atoms with Crippen molar-refractivity contribution in [3.8, 4) is 10.4 Å². The lowest BCUT2D eigenvalue weighted by Gasteiger charge is -2.23. The van der Waals surface area contributed by atoms with Crippen LogP contribution in [-0.2, 0) is 20.9 Å². The van der Waals surface area contributed by atoms with E-state index >= 15 is 0 Å². The molecule has 2 aromatic heterocycles. The lowest BCUT2D eigenvalue weighted by molar-refractivity contribution is -0.156. The molecule has 0 aliphatic heterocycles. The maximum Gasteiger partial charge on any atom is 0.326 e. The van der Waals surface area contributed by atoms with E-state index in [-0.39, 0.29) is 12.1 Å². The minimum absolute atomic E-state index is 0.314. The number of benzene rings is 1. The van der Waals surface area contributed by atoms with Crippen molar-refractivity contribution in [3.63, 3.8) is 0 Å². The number of aromatic nitrogens is 2. The number of nitrogens with zero attached hydrogens (tertiary/aromatic N) is 2. The number of fused-ring (bicyclic) bond motifs is 1. The van der Waals surface area contributed by atoms with Gasteiger partial charge in [0.1, 0.15) is 11.4 Å². The van der Waals surface area contributed by atoms with Crippen LogP contribution in [-0.4, -0.2) is 33.1 Å². The Morgan fingerprint density at radius 2 is 1.93 bits per heavy atom. The molecule has 29 heavy (non-hydrogen) atoms. The number of rotatable bonds is 5. The highest BCUT2D eigenvalue weighted by Crippen LogP contribution is 2.30. The number of hydrogen-bond donors (Lipinski definition) is 1. The van der Waals surface area contributed by atoms with Gasteiger partial charge in [-0.25, -0.2) is 4.98 Å². The van der Waals surface area contributed by atoms with Gasteiger partial charge in [-0.1, -0.05) is 30.3 Å². The van der Waals surface area contributed by atoms with Gasteiger partial charge in [-0.15, -0.1) is 11.3 Å². The maximum atomic E-state index is 12.8. The molecule has 3 rings (SSSR count). The molecular weight excluding hydrogens is 390 g/mol. The van der Waals surface area contributed by atoms with Crippen LogP contribution in [0, 0.1) is 0 Å². The summed E-state index contributed by atoms with van der Waals surface area (Å²) in [4.78, 5) is 42.9. The first kappa shape index (κ1) is 20.7. The van der Waals surface area contributed by atoms with Crippen LogP contribution in [0.3, 0.4) is 0 Å². The molecule has 0 bridgehead atoms. The molecule has 0 spiro atoms. The lowest BCUT2D eigenvalue weighted by atomic mass is 10.1. The van der Waals surface area contributed by atoms with Crippen molar-refractivity contribution in [3.05, 3.63) is 53.1 Å². The average Bonchev–Trinajstić information content (AvgIpc) is 3.08. The number of nitrogens with one attached hydrogen (secondary N) is 1. The summed E-state index contributed by atoms with van der Waals surface area (Å²) in [5.74, 6) is -1.07. The van der Waals surface area contributed by atoms with Crippen molar-refractivity contribution in [2.75, 3.05) is 0 Å². The van der Waals surface area contributed by atoms with Crippen molar-refractivity contribution in [2.45, 2.75) is 45.9 Å². The van der Waals surface area contributed by atoms with Crippen molar-refractivity contribution >= 4 is 33.4 Å². The average molecular weight is 413 g/mol. The van der Waals surface area contributed by atoms with Gasteiger partial charge in [-0.05, 0) is 39.3 Å².